The quantitative estimate of drug-likeness (QED) is 0.240. The van der Waals surface area contributed by atoms with Crippen LogP contribution in [0.1, 0.15) is 11.8 Å². The molecule has 16 heteroatoms. The minimum absolute atomic E-state index is 0.155. The molecule has 0 radical (unpaired) electrons. The maximum absolute atomic E-state index is 11.9. The van der Waals surface area contributed by atoms with E-state index >= 15 is 0 Å². The third kappa shape index (κ3) is 5.00. The first-order valence-electron chi connectivity index (χ1n) is 7.13. The Morgan fingerprint density at radius 2 is 1.92 bits per heavy atom. The van der Waals surface area contributed by atoms with E-state index in [2.05, 4.69) is 4.31 Å². The summed E-state index contributed by atoms with van der Waals surface area (Å²) < 4.78 is 37.5. The number of aromatic amines is 1. The fourth-order valence-electron chi connectivity index (χ4n) is 2.30. The Morgan fingerprint density at radius 1 is 1.31 bits per heavy atom. The first kappa shape index (κ1) is 21.2. The van der Waals surface area contributed by atoms with Crippen LogP contribution in [0.15, 0.2) is 15.8 Å². The summed E-state index contributed by atoms with van der Waals surface area (Å²) in [6, 6.07) is 0. The van der Waals surface area contributed by atoms with Gasteiger partial charge in [0.1, 0.15) is 18.3 Å². The van der Waals surface area contributed by atoms with Gasteiger partial charge in [-0.05, 0) is 6.92 Å². The molecule has 0 aliphatic carbocycles. The molecule has 2 heterocycles. The van der Waals surface area contributed by atoms with Crippen LogP contribution in [0.5, 0.6) is 0 Å². The van der Waals surface area contributed by atoms with Crippen LogP contribution >= 0.6 is 15.3 Å². The topological polar surface area (TPSA) is 198 Å². The molecule has 5 N–H and O–H groups in total. The largest absolute Gasteiger partial charge is 0.476 e. The predicted molar refractivity (Wildman–Crippen MR) is 87.2 cm³/mol. The van der Waals surface area contributed by atoms with Gasteiger partial charge < -0.3 is 29.3 Å². The predicted octanol–water partition coefficient (Wildman–Crippen LogP) is -2.67. The van der Waals surface area contributed by atoms with Crippen LogP contribution in [0, 0.1) is 6.92 Å². The minimum atomic E-state index is -5.07. The summed E-state index contributed by atoms with van der Waals surface area (Å²) in [7, 11) is -8.45. The lowest BCUT2D eigenvalue weighted by molar-refractivity contribution is -0.0521. The monoisotopic (exact) mass is 414 g/mol. The number of hydrogen-bond acceptors (Lipinski definition) is 9. The Bertz CT molecular complexity index is 878. The third-order valence-electron chi connectivity index (χ3n) is 3.49. The molecule has 2 unspecified atom stereocenters. The van der Waals surface area contributed by atoms with Crippen LogP contribution in [-0.4, -0.2) is 62.0 Å². The molecular formula is C10H17BN2O11P2. The summed E-state index contributed by atoms with van der Waals surface area (Å²) in [5.41, 5.74) is -1.35. The van der Waals surface area contributed by atoms with Crippen molar-refractivity contribution >= 4 is 22.9 Å². The molecule has 1 aromatic rings. The van der Waals surface area contributed by atoms with Gasteiger partial charge in [0, 0.05) is 11.8 Å². The molecule has 146 valence electrons. The fourth-order valence-corrected chi connectivity index (χ4v) is 4.45. The van der Waals surface area contributed by atoms with Gasteiger partial charge in [-0.3, -0.25) is 18.9 Å². The number of rotatable bonds is 6. The molecule has 1 aliphatic heterocycles. The van der Waals surface area contributed by atoms with Gasteiger partial charge in [0.2, 0.25) is 0 Å². The van der Waals surface area contributed by atoms with E-state index in [1.54, 1.807) is 0 Å². The third-order valence-corrected chi connectivity index (χ3v) is 6.14. The summed E-state index contributed by atoms with van der Waals surface area (Å²) >= 11 is 0. The Hall–Kier alpha value is -1.08. The van der Waals surface area contributed by atoms with Crippen molar-refractivity contribution in [2.24, 2.45) is 0 Å². The second kappa shape index (κ2) is 7.51. The molecule has 1 aliphatic rings. The van der Waals surface area contributed by atoms with Gasteiger partial charge in [0.15, 0.2) is 6.23 Å². The Kier molecular flexibility index (Phi) is 6.13. The molecule has 13 nitrogen and oxygen atoms in total. The van der Waals surface area contributed by atoms with Crippen molar-refractivity contribution in [3.05, 3.63) is 32.6 Å². The molecular weight excluding hydrogens is 397 g/mol. The van der Waals surface area contributed by atoms with E-state index in [9.17, 15) is 28.9 Å². The number of aliphatic hydroxyl groups is 2. The number of H-pyrrole nitrogens is 1. The maximum Gasteiger partial charge on any atom is 0.476 e. The standard InChI is InChI=1S/C10H17BN2O11P2/c1-4-2-13(10(17)12-8(4)16)9-7(15)6(14)5(23-9)3-22-25(11,18)24-26(19,20)21/h2,5-7,9,14-15H,3,11H2,1H3,(H,12,16,17)(H2,19,20,21)/t5-,6+,7?,9-,25?/m1/s1. The highest BCUT2D eigenvalue weighted by atomic mass is 31.3. The molecule has 0 amide bonds. The lowest BCUT2D eigenvalue weighted by Crippen LogP contribution is -2.38. The normalized spacial score (nSPS) is 28.8. The highest BCUT2D eigenvalue weighted by Crippen LogP contribution is 2.57. The second-order valence-corrected chi connectivity index (χ2v) is 9.10. The number of aromatic nitrogens is 2. The van der Waals surface area contributed by atoms with Gasteiger partial charge >= 0.3 is 13.5 Å². The van der Waals surface area contributed by atoms with Crippen molar-refractivity contribution in [2.75, 3.05) is 6.61 Å². The number of phosphoric acid groups is 1. The van der Waals surface area contributed by atoms with Crippen molar-refractivity contribution in [1.82, 2.24) is 9.55 Å². The van der Waals surface area contributed by atoms with Crippen molar-refractivity contribution in [3.63, 3.8) is 0 Å². The van der Waals surface area contributed by atoms with Gasteiger partial charge in [0.25, 0.3) is 20.6 Å². The summed E-state index contributed by atoms with van der Waals surface area (Å²) in [5.74, 6) is 0. The highest BCUT2D eigenvalue weighted by Gasteiger charge is 2.45. The van der Waals surface area contributed by atoms with Gasteiger partial charge in [-0.2, -0.15) is 0 Å². The molecule has 0 spiro atoms. The van der Waals surface area contributed by atoms with E-state index in [1.807, 2.05) is 4.98 Å². The van der Waals surface area contributed by atoms with Crippen molar-refractivity contribution in [2.45, 2.75) is 31.5 Å². The van der Waals surface area contributed by atoms with E-state index in [4.69, 9.17) is 19.0 Å². The molecule has 0 aromatic carbocycles. The van der Waals surface area contributed by atoms with E-state index < -0.39 is 57.7 Å². The smallest absolute Gasteiger partial charge is 0.387 e. The van der Waals surface area contributed by atoms with E-state index in [0.29, 0.717) is 0 Å². The number of aryl methyl sites for hydroxylation is 1. The lowest BCUT2D eigenvalue weighted by Gasteiger charge is -2.19. The zero-order valence-electron chi connectivity index (χ0n) is 13.6. The van der Waals surface area contributed by atoms with E-state index in [0.717, 1.165) is 18.3 Å². The Balaban J connectivity index is 2.14. The average Bonchev–Trinajstić information content (AvgIpc) is 2.75. The maximum atomic E-state index is 11.9. The first-order chi connectivity index (χ1) is 11.8. The van der Waals surface area contributed by atoms with Crippen LogP contribution in [-0.2, 0) is 22.7 Å². The first-order valence-corrected chi connectivity index (χ1v) is 10.7. The molecule has 5 atom stereocenters. The van der Waals surface area contributed by atoms with Crippen LogP contribution in [0.3, 0.4) is 0 Å². The second-order valence-electron chi connectivity index (χ2n) is 5.66. The van der Waals surface area contributed by atoms with E-state index in [1.165, 1.54) is 6.92 Å². The Labute approximate surface area is 146 Å². The number of nitrogens with zero attached hydrogens (tertiary/aromatic N) is 1. The van der Waals surface area contributed by atoms with Crippen LogP contribution in [0.4, 0.5) is 0 Å². The molecule has 1 saturated heterocycles. The van der Waals surface area contributed by atoms with Gasteiger partial charge in [-0.25, -0.2) is 13.7 Å². The summed E-state index contributed by atoms with van der Waals surface area (Å²) in [6.07, 6.45) is -4.70. The van der Waals surface area contributed by atoms with Crippen molar-refractivity contribution in [1.29, 1.82) is 0 Å². The molecule has 0 saturated carbocycles. The van der Waals surface area contributed by atoms with Gasteiger partial charge in [-0.1, -0.05) is 0 Å². The summed E-state index contributed by atoms with van der Waals surface area (Å²) in [4.78, 5) is 42.6. The minimum Gasteiger partial charge on any atom is -0.387 e. The average molecular weight is 414 g/mol. The number of ether oxygens (including phenoxy) is 1. The number of nitrogens with one attached hydrogen (secondary N) is 1. The molecule has 26 heavy (non-hydrogen) atoms. The van der Waals surface area contributed by atoms with E-state index in [-0.39, 0.29) is 5.56 Å². The van der Waals surface area contributed by atoms with Gasteiger partial charge in [0.05, 0.1) is 6.61 Å². The van der Waals surface area contributed by atoms with Gasteiger partial charge in [-0.15, -0.1) is 0 Å². The van der Waals surface area contributed by atoms with Crippen molar-refractivity contribution in [3.8, 4) is 0 Å². The van der Waals surface area contributed by atoms with Crippen LogP contribution in [0.2, 0.25) is 0 Å². The zero-order chi connectivity index (χ0) is 19.9. The molecule has 1 fully saturated rings. The fraction of sp³-hybridized carbons (Fsp3) is 0.600. The molecule has 0 bridgehead atoms. The van der Waals surface area contributed by atoms with Crippen LogP contribution < -0.4 is 11.2 Å². The van der Waals surface area contributed by atoms with Crippen molar-refractivity contribution < 1.29 is 42.7 Å². The summed E-state index contributed by atoms with van der Waals surface area (Å²) in [5, 5.41) is 20.1. The zero-order valence-corrected chi connectivity index (χ0v) is 15.4. The lowest BCUT2D eigenvalue weighted by atomic mass is 10.1. The summed E-state index contributed by atoms with van der Waals surface area (Å²) in [6.45, 7) is 0.763. The Morgan fingerprint density at radius 3 is 2.50 bits per heavy atom. The molecule has 1 aromatic heterocycles. The SMILES string of the molecule is BP(=O)(OC[C@H]1O[C@@H](n2cc(C)c(=O)[nH]c2=O)C(O)[C@H]1O)OP(=O)(O)O. The molecule has 2 rings (SSSR count). The number of hydrogen-bond donors (Lipinski definition) is 5. The number of aliphatic hydroxyl groups excluding tert-OH is 2. The highest BCUT2D eigenvalue weighted by molar-refractivity contribution is 7.83. The van der Waals surface area contributed by atoms with Crippen LogP contribution in [0.25, 0.3) is 0 Å².